The first kappa shape index (κ1) is 13.6. The minimum Gasteiger partial charge on any atom is -0.385 e. The minimum absolute atomic E-state index is 0.000139. The van der Waals surface area contributed by atoms with E-state index in [0.717, 1.165) is 6.42 Å². The van der Waals surface area contributed by atoms with Crippen molar-refractivity contribution >= 4 is 5.78 Å². The Morgan fingerprint density at radius 1 is 1.43 bits per heavy atom. The molecule has 0 saturated heterocycles. The van der Waals surface area contributed by atoms with Gasteiger partial charge in [0, 0.05) is 19.6 Å². The number of hydrogen-bond donors (Lipinski definition) is 1. The SMILES string of the molecule is CCC(N)(CC)C(=O)C(C)CCOC. The molecule has 0 spiro atoms. The first-order chi connectivity index (χ1) is 6.51. The van der Waals surface area contributed by atoms with Crippen LogP contribution in [0.1, 0.15) is 40.0 Å². The van der Waals surface area contributed by atoms with E-state index in [0.29, 0.717) is 19.4 Å². The van der Waals surface area contributed by atoms with Gasteiger partial charge in [0.15, 0.2) is 5.78 Å². The average molecular weight is 201 g/mol. The van der Waals surface area contributed by atoms with Gasteiger partial charge < -0.3 is 10.5 Å². The smallest absolute Gasteiger partial charge is 0.155 e. The number of rotatable bonds is 7. The van der Waals surface area contributed by atoms with Crippen LogP contribution >= 0.6 is 0 Å². The summed E-state index contributed by atoms with van der Waals surface area (Å²) in [5.41, 5.74) is 5.39. The minimum atomic E-state index is -0.632. The molecule has 2 N–H and O–H groups in total. The fourth-order valence-electron chi connectivity index (χ4n) is 1.51. The van der Waals surface area contributed by atoms with Crippen LogP contribution in [0.15, 0.2) is 0 Å². The van der Waals surface area contributed by atoms with Crippen molar-refractivity contribution in [2.24, 2.45) is 11.7 Å². The Morgan fingerprint density at radius 2 is 1.93 bits per heavy atom. The maximum absolute atomic E-state index is 12.0. The molecule has 0 bridgehead atoms. The molecule has 0 aromatic carbocycles. The maximum Gasteiger partial charge on any atom is 0.155 e. The highest BCUT2D eigenvalue weighted by atomic mass is 16.5. The highest BCUT2D eigenvalue weighted by Gasteiger charge is 2.32. The highest BCUT2D eigenvalue weighted by molar-refractivity contribution is 5.89. The molecule has 1 atom stereocenters. The van der Waals surface area contributed by atoms with Crippen LogP contribution < -0.4 is 5.73 Å². The number of hydrogen-bond acceptors (Lipinski definition) is 3. The zero-order valence-corrected chi connectivity index (χ0v) is 9.80. The van der Waals surface area contributed by atoms with Crippen molar-refractivity contribution in [3.8, 4) is 0 Å². The van der Waals surface area contributed by atoms with Gasteiger partial charge in [-0.05, 0) is 19.3 Å². The van der Waals surface area contributed by atoms with Gasteiger partial charge in [-0.15, -0.1) is 0 Å². The van der Waals surface area contributed by atoms with E-state index in [9.17, 15) is 4.79 Å². The fraction of sp³-hybridized carbons (Fsp3) is 0.909. The summed E-state index contributed by atoms with van der Waals surface area (Å²) in [7, 11) is 1.65. The van der Waals surface area contributed by atoms with Crippen molar-refractivity contribution in [1.29, 1.82) is 0 Å². The topological polar surface area (TPSA) is 52.3 Å². The Morgan fingerprint density at radius 3 is 2.29 bits per heavy atom. The number of Topliss-reactive ketones (excluding diaryl/α,β-unsaturated/α-hetero) is 1. The van der Waals surface area contributed by atoms with Crippen molar-refractivity contribution in [3.63, 3.8) is 0 Å². The van der Waals surface area contributed by atoms with E-state index in [4.69, 9.17) is 10.5 Å². The van der Waals surface area contributed by atoms with Crippen molar-refractivity contribution in [3.05, 3.63) is 0 Å². The standard InChI is InChI=1S/C11H23NO2/c1-5-11(12,6-2)10(13)9(3)7-8-14-4/h9H,5-8,12H2,1-4H3. The van der Waals surface area contributed by atoms with Gasteiger partial charge in [0.25, 0.3) is 0 Å². The van der Waals surface area contributed by atoms with Crippen LogP contribution in [-0.4, -0.2) is 25.0 Å². The third-order valence-electron chi connectivity index (χ3n) is 2.96. The van der Waals surface area contributed by atoms with Crippen molar-refractivity contribution in [2.45, 2.75) is 45.6 Å². The molecule has 3 nitrogen and oxygen atoms in total. The number of ether oxygens (including phenoxy) is 1. The molecule has 0 rings (SSSR count). The molecular weight excluding hydrogens is 178 g/mol. The predicted octanol–water partition coefficient (Wildman–Crippen LogP) is 1.75. The normalized spacial score (nSPS) is 14.1. The summed E-state index contributed by atoms with van der Waals surface area (Å²) < 4.78 is 4.95. The number of nitrogens with two attached hydrogens (primary N) is 1. The monoisotopic (exact) mass is 201 g/mol. The van der Waals surface area contributed by atoms with E-state index in [1.165, 1.54) is 0 Å². The molecule has 0 amide bonds. The van der Waals surface area contributed by atoms with Gasteiger partial charge in [0.1, 0.15) is 0 Å². The van der Waals surface area contributed by atoms with E-state index < -0.39 is 5.54 Å². The second-order valence-corrected chi connectivity index (χ2v) is 3.91. The Labute approximate surface area is 87.0 Å². The lowest BCUT2D eigenvalue weighted by molar-refractivity contribution is -0.128. The summed E-state index contributed by atoms with van der Waals surface area (Å²) in [6.07, 6.45) is 2.17. The lowest BCUT2D eigenvalue weighted by atomic mass is 9.82. The lowest BCUT2D eigenvalue weighted by Crippen LogP contribution is -2.49. The molecule has 0 heterocycles. The van der Waals surface area contributed by atoms with Crippen LogP contribution in [0.4, 0.5) is 0 Å². The zero-order chi connectivity index (χ0) is 11.2. The van der Waals surface area contributed by atoms with Gasteiger partial charge in [0.2, 0.25) is 0 Å². The second kappa shape index (κ2) is 6.14. The first-order valence-electron chi connectivity index (χ1n) is 5.34. The second-order valence-electron chi connectivity index (χ2n) is 3.91. The van der Waals surface area contributed by atoms with Crippen LogP contribution in [0, 0.1) is 5.92 Å². The van der Waals surface area contributed by atoms with Gasteiger partial charge >= 0.3 is 0 Å². The van der Waals surface area contributed by atoms with Crippen molar-refractivity contribution in [1.82, 2.24) is 0 Å². The molecule has 0 aromatic rings. The van der Waals surface area contributed by atoms with E-state index >= 15 is 0 Å². The van der Waals surface area contributed by atoms with Crippen molar-refractivity contribution in [2.75, 3.05) is 13.7 Å². The third kappa shape index (κ3) is 3.39. The Kier molecular flexibility index (Phi) is 5.96. The highest BCUT2D eigenvalue weighted by Crippen LogP contribution is 2.19. The van der Waals surface area contributed by atoms with Crippen LogP contribution in [0.3, 0.4) is 0 Å². The molecule has 3 heteroatoms. The number of methoxy groups -OCH3 is 1. The van der Waals surface area contributed by atoms with Crippen LogP contribution in [0.5, 0.6) is 0 Å². The fourth-order valence-corrected chi connectivity index (χ4v) is 1.51. The Balaban J connectivity index is 4.28. The summed E-state index contributed by atoms with van der Waals surface area (Å²) in [4.78, 5) is 12.0. The number of carbonyl (C=O) groups excluding carboxylic acids is 1. The maximum atomic E-state index is 12.0. The van der Waals surface area contributed by atoms with Crippen LogP contribution in [0.25, 0.3) is 0 Å². The van der Waals surface area contributed by atoms with Crippen LogP contribution in [-0.2, 0) is 9.53 Å². The molecule has 14 heavy (non-hydrogen) atoms. The number of carbonyl (C=O) groups is 1. The van der Waals surface area contributed by atoms with Crippen molar-refractivity contribution < 1.29 is 9.53 Å². The first-order valence-corrected chi connectivity index (χ1v) is 5.34. The van der Waals surface area contributed by atoms with Gasteiger partial charge in [-0.3, -0.25) is 4.79 Å². The van der Waals surface area contributed by atoms with Gasteiger partial charge in [-0.1, -0.05) is 20.8 Å². The summed E-state index contributed by atoms with van der Waals surface area (Å²) in [5, 5.41) is 0. The van der Waals surface area contributed by atoms with E-state index in [-0.39, 0.29) is 11.7 Å². The van der Waals surface area contributed by atoms with E-state index in [1.54, 1.807) is 7.11 Å². The molecule has 0 saturated carbocycles. The zero-order valence-electron chi connectivity index (χ0n) is 9.80. The average Bonchev–Trinajstić information content (AvgIpc) is 2.23. The molecule has 0 aliphatic rings. The predicted molar refractivity (Wildman–Crippen MR) is 58.2 cm³/mol. The molecule has 0 radical (unpaired) electrons. The molecular formula is C11H23NO2. The Hall–Kier alpha value is -0.410. The summed E-state index contributed by atoms with van der Waals surface area (Å²) in [6, 6.07) is 0. The molecule has 0 aliphatic carbocycles. The molecule has 0 aromatic heterocycles. The molecule has 0 fully saturated rings. The number of ketones is 1. The summed E-state index contributed by atoms with van der Waals surface area (Å²) in [5.74, 6) is 0.166. The largest absolute Gasteiger partial charge is 0.385 e. The van der Waals surface area contributed by atoms with Gasteiger partial charge in [-0.2, -0.15) is 0 Å². The van der Waals surface area contributed by atoms with Gasteiger partial charge in [0.05, 0.1) is 5.54 Å². The Bertz CT molecular complexity index is 176. The third-order valence-corrected chi connectivity index (χ3v) is 2.96. The molecule has 0 aliphatic heterocycles. The van der Waals surface area contributed by atoms with E-state index in [1.807, 2.05) is 20.8 Å². The lowest BCUT2D eigenvalue weighted by Gasteiger charge is -2.28. The van der Waals surface area contributed by atoms with Crippen LogP contribution in [0.2, 0.25) is 0 Å². The summed E-state index contributed by atoms with van der Waals surface area (Å²) in [6.45, 7) is 6.47. The summed E-state index contributed by atoms with van der Waals surface area (Å²) >= 11 is 0. The van der Waals surface area contributed by atoms with E-state index in [2.05, 4.69) is 0 Å². The molecule has 1 unspecified atom stereocenters. The molecule has 84 valence electrons. The van der Waals surface area contributed by atoms with Gasteiger partial charge in [-0.25, -0.2) is 0 Å². The quantitative estimate of drug-likeness (QED) is 0.682.